The minimum absolute atomic E-state index is 0.0314. The van der Waals surface area contributed by atoms with Gasteiger partial charge in [-0.05, 0) is 43.5 Å². The zero-order valence-corrected chi connectivity index (χ0v) is 15.7. The third-order valence-corrected chi connectivity index (χ3v) is 5.49. The van der Waals surface area contributed by atoms with Crippen LogP contribution >= 0.6 is 24.0 Å². The summed E-state index contributed by atoms with van der Waals surface area (Å²) in [7, 11) is 0. The highest BCUT2D eigenvalue weighted by Crippen LogP contribution is 2.32. The van der Waals surface area contributed by atoms with Gasteiger partial charge in [-0.15, -0.1) is 0 Å². The van der Waals surface area contributed by atoms with E-state index in [0.717, 1.165) is 37.2 Å². The zero-order chi connectivity index (χ0) is 17.8. The van der Waals surface area contributed by atoms with E-state index in [1.807, 2.05) is 31.2 Å². The molecule has 0 spiro atoms. The second-order valence-corrected chi connectivity index (χ2v) is 7.53. The maximum atomic E-state index is 12.6. The van der Waals surface area contributed by atoms with Gasteiger partial charge in [0.1, 0.15) is 16.6 Å². The molecule has 0 aromatic heterocycles. The van der Waals surface area contributed by atoms with Crippen LogP contribution in [0.4, 0.5) is 0 Å². The van der Waals surface area contributed by atoms with Crippen molar-refractivity contribution < 1.29 is 14.3 Å². The van der Waals surface area contributed by atoms with Gasteiger partial charge < -0.3 is 9.64 Å². The predicted octanol–water partition coefficient (Wildman–Crippen LogP) is 2.91. The van der Waals surface area contributed by atoms with Crippen LogP contribution in [0.3, 0.4) is 0 Å². The molecule has 1 aromatic carbocycles. The first-order valence-corrected chi connectivity index (χ1v) is 9.57. The van der Waals surface area contributed by atoms with E-state index in [2.05, 4.69) is 0 Å². The van der Waals surface area contributed by atoms with Crippen LogP contribution in [0.15, 0.2) is 29.2 Å². The highest BCUT2D eigenvalue weighted by atomic mass is 32.2. The molecular weight excluding hydrogens is 356 g/mol. The number of benzene rings is 1. The number of carbonyl (C=O) groups excluding carboxylic acids is 2. The van der Waals surface area contributed by atoms with E-state index >= 15 is 0 Å². The van der Waals surface area contributed by atoms with Crippen molar-refractivity contribution >= 4 is 46.2 Å². The molecule has 132 valence electrons. The molecular formula is C18H20N2O3S2. The van der Waals surface area contributed by atoms with Gasteiger partial charge in [0.15, 0.2) is 0 Å². The molecule has 0 saturated carbocycles. The molecule has 2 amide bonds. The van der Waals surface area contributed by atoms with Gasteiger partial charge in [0.05, 0.1) is 11.5 Å². The van der Waals surface area contributed by atoms with Crippen LogP contribution in [0, 0.1) is 0 Å². The summed E-state index contributed by atoms with van der Waals surface area (Å²) in [6.45, 7) is 4.13. The molecule has 2 fully saturated rings. The summed E-state index contributed by atoms with van der Waals surface area (Å²) in [6, 6.07) is 7.53. The topological polar surface area (TPSA) is 49.9 Å². The van der Waals surface area contributed by atoms with Gasteiger partial charge in [0, 0.05) is 13.1 Å². The molecule has 7 heteroatoms. The third-order valence-electron chi connectivity index (χ3n) is 4.11. The molecule has 2 aliphatic heterocycles. The average molecular weight is 377 g/mol. The highest BCUT2D eigenvalue weighted by molar-refractivity contribution is 8.26. The first-order valence-electron chi connectivity index (χ1n) is 8.34. The Balaban J connectivity index is 1.68. The lowest BCUT2D eigenvalue weighted by atomic mass is 10.2. The van der Waals surface area contributed by atoms with Crippen molar-refractivity contribution in [2.75, 3.05) is 26.2 Å². The summed E-state index contributed by atoms with van der Waals surface area (Å²) in [5, 5.41) is 0. The molecule has 0 unspecified atom stereocenters. The summed E-state index contributed by atoms with van der Waals surface area (Å²) in [4.78, 5) is 28.6. The number of amides is 2. The predicted molar refractivity (Wildman–Crippen MR) is 103 cm³/mol. The Morgan fingerprint density at radius 2 is 1.96 bits per heavy atom. The van der Waals surface area contributed by atoms with Crippen LogP contribution in [-0.2, 0) is 9.59 Å². The highest BCUT2D eigenvalue weighted by Gasteiger charge is 2.34. The number of carbonyl (C=O) groups is 2. The molecule has 25 heavy (non-hydrogen) atoms. The normalized spacial score (nSPS) is 19.2. The van der Waals surface area contributed by atoms with E-state index in [1.165, 1.54) is 16.7 Å². The number of thioether (sulfide) groups is 1. The standard InChI is InChI=1S/C18H20N2O3S2/c1-2-23-14-7-5-13(6-8-14)11-15-17(22)20(18(24)25-15)12-16(21)19-9-3-4-10-19/h5-8,11H,2-4,9-10,12H2,1H3/b15-11-. The SMILES string of the molecule is CCOc1ccc(/C=C2\SC(=S)N(CC(=O)N3CCCC3)C2=O)cc1. The fourth-order valence-corrected chi connectivity index (χ4v) is 4.07. The quantitative estimate of drug-likeness (QED) is 0.584. The minimum atomic E-state index is -0.198. The van der Waals surface area contributed by atoms with E-state index in [-0.39, 0.29) is 18.4 Å². The molecule has 3 rings (SSSR count). The number of hydrogen-bond donors (Lipinski definition) is 0. The molecule has 0 N–H and O–H groups in total. The van der Waals surface area contributed by atoms with Crippen LogP contribution in [0.2, 0.25) is 0 Å². The van der Waals surface area contributed by atoms with Crippen LogP contribution in [-0.4, -0.2) is 52.2 Å². The van der Waals surface area contributed by atoms with Crippen LogP contribution in [0.1, 0.15) is 25.3 Å². The molecule has 2 saturated heterocycles. The Hall–Kier alpha value is -1.86. The van der Waals surface area contributed by atoms with Crippen molar-refractivity contribution in [1.29, 1.82) is 0 Å². The smallest absolute Gasteiger partial charge is 0.266 e. The molecule has 5 nitrogen and oxygen atoms in total. The van der Waals surface area contributed by atoms with Gasteiger partial charge in [0.2, 0.25) is 5.91 Å². The molecule has 1 aromatic rings. The van der Waals surface area contributed by atoms with Crippen molar-refractivity contribution in [2.24, 2.45) is 0 Å². The molecule has 0 aliphatic carbocycles. The van der Waals surface area contributed by atoms with Gasteiger partial charge >= 0.3 is 0 Å². The van der Waals surface area contributed by atoms with Gasteiger partial charge in [-0.2, -0.15) is 0 Å². The summed E-state index contributed by atoms with van der Waals surface area (Å²) >= 11 is 6.54. The first kappa shape index (κ1) is 17.9. The third kappa shape index (κ3) is 4.22. The number of likely N-dealkylation sites (tertiary alicyclic amines) is 1. The Bertz CT molecular complexity index is 710. The van der Waals surface area contributed by atoms with Crippen molar-refractivity contribution in [2.45, 2.75) is 19.8 Å². The molecule has 2 heterocycles. The lowest BCUT2D eigenvalue weighted by Gasteiger charge is -2.19. The summed E-state index contributed by atoms with van der Waals surface area (Å²) in [5.74, 6) is 0.566. The Morgan fingerprint density at radius 3 is 2.60 bits per heavy atom. The second kappa shape index (κ2) is 8.01. The number of hydrogen-bond acceptors (Lipinski definition) is 5. The molecule has 0 atom stereocenters. The van der Waals surface area contributed by atoms with Crippen molar-refractivity contribution in [3.8, 4) is 5.75 Å². The van der Waals surface area contributed by atoms with E-state index in [9.17, 15) is 9.59 Å². The Kier molecular flexibility index (Phi) is 5.75. The van der Waals surface area contributed by atoms with Gasteiger partial charge in [-0.3, -0.25) is 14.5 Å². The Labute approximate surface area is 157 Å². The van der Waals surface area contributed by atoms with E-state index in [0.29, 0.717) is 15.8 Å². The fraction of sp³-hybridized carbons (Fsp3) is 0.389. The van der Waals surface area contributed by atoms with Gasteiger partial charge in [-0.1, -0.05) is 36.1 Å². The average Bonchev–Trinajstić information content (AvgIpc) is 3.22. The largest absolute Gasteiger partial charge is 0.494 e. The van der Waals surface area contributed by atoms with Gasteiger partial charge in [0.25, 0.3) is 5.91 Å². The monoisotopic (exact) mass is 376 g/mol. The maximum Gasteiger partial charge on any atom is 0.266 e. The zero-order valence-electron chi connectivity index (χ0n) is 14.1. The number of ether oxygens (including phenoxy) is 1. The van der Waals surface area contributed by atoms with Crippen LogP contribution < -0.4 is 4.74 Å². The lowest BCUT2D eigenvalue weighted by molar-refractivity contribution is -0.134. The fourth-order valence-electron chi connectivity index (χ4n) is 2.82. The molecule has 0 radical (unpaired) electrons. The second-order valence-electron chi connectivity index (χ2n) is 5.86. The van der Waals surface area contributed by atoms with E-state index in [4.69, 9.17) is 17.0 Å². The van der Waals surface area contributed by atoms with Crippen LogP contribution in [0.5, 0.6) is 5.75 Å². The number of nitrogens with zero attached hydrogens (tertiary/aromatic N) is 2. The molecule has 0 bridgehead atoms. The van der Waals surface area contributed by atoms with Crippen molar-refractivity contribution in [1.82, 2.24) is 9.80 Å². The number of thiocarbonyl (C=S) groups is 1. The summed E-state index contributed by atoms with van der Waals surface area (Å²) < 4.78 is 5.85. The number of rotatable bonds is 5. The Morgan fingerprint density at radius 1 is 1.28 bits per heavy atom. The maximum absolute atomic E-state index is 12.6. The minimum Gasteiger partial charge on any atom is -0.494 e. The van der Waals surface area contributed by atoms with E-state index in [1.54, 1.807) is 11.0 Å². The summed E-state index contributed by atoms with van der Waals surface area (Å²) in [6.07, 6.45) is 3.86. The van der Waals surface area contributed by atoms with Crippen molar-refractivity contribution in [3.05, 3.63) is 34.7 Å². The first-order chi connectivity index (χ1) is 12.1. The van der Waals surface area contributed by atoms with Crippen molar-refractivity contribution in [3.63, 3.8) is 0 Å². The van der Waals surface area contributed by atoms with Crippen LogP contribution in [0.25, 0.3) is 6.08 Å². The van der Waals surface area contributed by atoms with E-state index < -0.39 is 0 Å². The van der Waals surface area contributed by atoms with Gasteiger partial charge in [-0.25, -0.2) is 0 Å². The summed E-state index contributed by atoms with van der Waals surface area (Å²) in [5.41, 5.74) is 0.898. The lowest BCUT2D eigenvalue weighted by Crippen LogP contribution is -2.40. The molecule has 2 aliphatic rings.